The summed E-state index contributed by atoms with van der Waals surface area (Å²) in [5.41, 5.74) is 3.91. The Kier molecular flexibility index (Phi) is 7.54. The molecule has 0 bridgehead atoms. The normalized spacial score (nSPS) is 16.0. The molecule has 1 N–H and O–H groups in total. The van der Waals surface area contributed by atoms with E-state index in [2.05, 4.69) is 26.1 Å². The van der Waals surface area contributed by atoms with Gasteiger partial charge in [0.1, 0.15) is 18.2 Å². The lowest BCUT2D eigenvalue weighted by molar-refractivity contribution is -0.122. The Labute approximate surface area is 216 Å². The Balaban J connectivity index is 2.00. The second kappa shape index (κ2) is 10.5. The van der Waals surface area contributed by atoms with E-state index in [0.29, 0.717) is 12.4 Å². The number of carbonyl (C=O) groups excluding carboxylic acids is 2. The predicted octanol–water partition coefficient (Wildman–Crippen LogP) is 5.31. The van der Waals surface area contributed by atoms with Crippen molar-refractivity contribution < 1.29 is 14.0 Å². The summed E-state index contributed by atoms with van der Waals surface area (Å²) in [6.45, 7) is 10.7. The minimum absolute atomic E-state index is 0.108. The number of aryl methyl sites for hydroxylation is 1. The van der Waals surface area contributed by atoms with Crippen molar-refractivity contribution in [2.24, 2.45) is 0 Å². The maximum Gasteiger partial charge on any atom is 0.240 e. The molecule has 2 amide bonds. The lowest BCUT2D eigenvalue weighted by Gasteiger charge is -2.24. The Morgan fingerprint density at radius 2 is 1.94 bits per heavy atom. The summed E-state index contributed by atoms with van der Waals surface area (Å²) in [7, 11) is 0. The number of benzene rings is 2. The zero-order valence-corrected chi connectivity index (χ0v) is 22.3. The second-order valence-corrected chi connectivity index (χ2v) is 11.3. The van der Waals surface area contributed by atoms with Crippen LogP contribution in [0.4, 0.5) is 10.2 Å². The molecule has 2 aromatic carbocycles. The maximum atomic E-state index is 14.3. The number of aromatic nitrogens is 2. The third kappa shape index (κ3) is 5.33. The topological polar surface area (TPSA) is 67.2 Å². The molecule has 0 saturated carbocycles. The number of nitrogens with zero attached hydrogens (tertiary/aromatic N) is 3. The van der Waals surface area contributed by atoms with Crippen molar-refractivity contribution in [3.05, 3.63) is 76.7 Å². The van der Waals surface area contributed by atoms with Gasteiger partial charge >= 0.3 is 0 Å². The molecule has 6 nitrogen and oxygen atoms in total. The van der Waals surface area contributed by atoms with Gasteiger partial charge in [0.15, 0.2) is 0 Å². The highest BCUT2D eigenvalue weighted by Gasteiger charge is 2.40. The van der Waals surface area contributed by atoms with Crippen LogP contribution in [0.2, 0.25) is 0 Å². The summed E-state index contributed by atoms with van der Waals surface area (Å²) in [4.78, 5) is 28.0. The van der Waals surface area contributed by atoms with Crippen molar-refractivity contribution in [3.63, 3.8) is 0 Å². The molecule has 0 saturated heterocycles. The van der Waals surface area contributed by atoms with Crippen molar-refractivity contribution in [3.8, 4) is 5.69 Å². The molecule has 8 heteroatoms. The molecular formula is C28H33FN4O2S. The van der Waals surface area contributed by atoms with Gasteiger partial charge in [-0.3, -0.25) is 14.5 Å². The minimum atomic E-state index is -0.366. The van der Waals surface area contributed by atoms with Crippen molar-refractivity contribution in [2.45, 2.75) is 51.7 Å². The first-order valence-electron chi connectivity index (χ1n) is 12.2. The first-order valence-corrected chi connectivity index (χ1v) is 13.3. The molecule has 0 aliphatic carbocycles. The zero-order chi connectivity index (χ0) is 26.0. The number of fused-ring (bicyclic) bond motifs is 1. The van der Waals surface area contributed by atoms with Gasteiger partial charge in [-0.1, -0.05) is 52.0 Å². The maximum absolute atomic E-state index is 14.3. The Morgan fingerprint density at radius 3 is 2.61 bits per heavy atom. The second-order valence-electron chi connectivity index (χ2n) is 10.2. The van der Waals surface area contributed by atoms with Crippen LogP contribution in [0.1, 0.15) is 61.7 Å². The molecule has 4 rings (SSSR count). The van der Waals surface area contributed by atoms with Crippen molar-refractivity contribution in [1.29, 1.82) is 0 Å². The van der Waals surface area contributed by atoms with Crippen LogP contribution in [0.3, 0.4) is 0 Å². The SMILES string of the molecule is CCCNC(=O)CN1C(=O)CS[C@@H](c2cccc(F)c2)c2c(C(C)(C)C)nn(-c3cccc(C)c3)c21. The highest BCUT2D eigenvalue weighted by atomic mass is 32.2. The highest BCUT2D eigenvalue weighted by Crippen LogP contribution is 2.48. The Bertz CT molecular complexity index is 1280. The average molecular weight is 509 g/mol. The summed E-state index contributed by atoms with van der Waals surface area (Å²) in [6, 6.07) is 14.4. The molecule has 3 aromatic rings. The van der Waals surface area contributed by atoms with Crippen molar-refractivity contribution in [1.82, 2.24) is 15.1 Å². The fourth-order valence-electron chi connectivity index (χ4n) is 4.41. The predicted molar refractivity (Wildman–Crippen MR) is 143 cm³/mol. The Morgan fingerprint density at radius 1 is 1.19 bits per heavy atom. The number of hydrogen-bond donors (Lipinski definition) is 1. The van der Waals surface area contributed by atoms with Gasteiger partial charge in [0.25, 0.3) is 0 Å². The zero-order valence-electron chi connectivity index (χ0n) is 21.5. The smallest absolute Gasteiger partial charge is 0.240 e. The average Bonchev–Trinajstić information content (AvgIpc) is 3.16. The third-order valence-corrected chi connectivity index (χ3v) is 7.33. The quantitative estimate of drug-likeness (QED) is 0.490. The summed E-state index contributed by atoms with van der Waals surface area (Å²) >= 11 is 1.44. The van der Waals surface area contributed by atoms with Crippen LogP contribution in [-0.4, -0.2) is 40.4 Å². The van der Waals surface area contributed by atoms with Crippen LogP contribution >= 0.6 is 11.8 Å². The molecule has 1 aliphatic heterocycles. The summed E-state index contributed by atoms with van der Waals surface area (Å²) in [5, 5.41) is 7.62. The molecule has 1 atom stereocenters. The molecule has 2 heterocycles. The van der Waals surface area contributed by atoms with Crippen LogP contribution in [-0.2, 0) is 15.0 Å². The van der Waals surface area contributed by atoms with Crippen LogP contribution < -0.4 is 10.2 Å². The minimum Gasteiger partial charge on any atom is -0.355 e. The van der Waals surface area contributed by atoms with Crippen LogP contribution in [0.15, 0.2) is 48.5 Å². The molecule has 1 aromatic heterocycles. The van der Waals surface area contributed by atoms with Crippen LogP contribution in [0.5, 0.6) is 0 Å². The van der Waals surface area contributed by atoms with Gasteiger partial charge in [-0.15, -0.1) is 11.8 Å². The molecule has 36 heavy (non-hydrogen) atoms. The van der Waals surface area contributed by atoms with E-state index >= 15 is 0 Å². The number of anilines is 1. The molecular weight excluding hydrogens is 475 g/mol. The van der Waals surface area contributed by atoms with E-state index < -0.39 is 0 Å². The lowest BCUT2D eigenvalue weighted by atomic mass is 9.87. The number of thioether (sulfide) groups is 1. The fraction of sp³-hybridized carbons (Fsp3) is 0.393. The van der Waals surface area contributed by atoms with E-state index in [0.717, 1.165) is 34.5 Å². The van der Waals surface area contributed by atoms with Crippen molar-refractivity contribution >= 4 is 29.4 Å². The van der Waals surface area contributed by atoms with E-state index in [-0.39, 0.29) is 40.6 Å². The molecule has 0 radical (unpaired) electrons. The van der Waals surface area contributed by atoms with Crippen molar-refractivity contribution in [2.75, 3.05) is 23.7 Å². The van der Waals surface area contributed by atoms with Crippen LogP contribution in [0.25, 0.3) is 5.69 Å². The largest absolute Gasteiger partial charge is 0.355 e. The lowest BCUT2D eigenvalue weighted by Crippen LogP contribution is -2.42. The third-order valence-electron chi connectivity index (χ3n) is 6.07. The first kappa shape index (κ1) is 25.9. The fourth-order valence-corrected chi connectivity index (χ4v) is 5.60. The molecule has 190 valence electrons. The van der Waals surface area contributed by atoms with E-state index in [9.17, 15) is 14.0 Å². The molecule has 0 unspecified atom stereocenters. The number of nitrogens with one attached hydrogen (secondary N) is 1. The van der Waals surface area contributed by atoms with E-state index in [1.54, 1.807) is 15.6 Å². The van der Waals surface area contributed by atoms with Gasteiger partial charge in [-0.05, 0) is 48.7 Å². The van der Waals surface area contributed by atoms with E-state index in [1.807, 2.05) is 44.2 Å². The van der Waals surface area contributed by atoms with Gasteiger partial charge in [-0.2, -0.15) is 5.10 Å². The Hall–Kier alpha value is -3.13. The highest BCUT2D eigenvalue weighted by molar-refractivity contribution is 8.00. The van der Waals surface area contributed by atoms with Crippen LogP contribution in [0, 0.1) is 12.7 Å². The number of rotatable bonds is 6. The first-order chi connectivity index (χ1) is 17.1. The van der Waals surface area contributed by atoms with E-state index in [1.165, 1.54) is 23.9 Å². The van der Waals surface area contributed by atoms with E-state index in [4.69, 9.17) is 5.10 Å². The molecule has 1 aliphatic rings. The number of carbonyl (C=O) groups is 2. The van der Waals surface area contributed by atoms with Gasteiger partial charge in [0, 0.05) is 17.5 Å². The standard InChI is InChI=1S/C28H33FN4O2S/c1-6-13-30-22(34)16-32-23(35)17-36-25(19-10-8-11-20(29)15-19)24-26(28(3,4)5)31-33(27(24)32)21-12-7-9-18(2)14-21/h7-12,14-15,25H,6,13,16-17H2,1-5H3,(H,30,34)/t25-/m0/s1. The van der Waals surface area contributed by atoms with Gasteiger partial charge in [-0.25, -0.2) is 9.07 Å². The van der Waals surface area contributed by atoms with Gasteiger partial charge in [0.05, 0.1) is 22.4 Å². The molecule has 0 spiro atoms. The number of hydrogen-bond acceptors (Lipinski definition) is 4. The number of amides is 2. The van der Waals surface area contributed by atoms with Gasteiger partial charge < -0.3 is 5.32 Å². The summed E-state index contributed by atoms with van der Waals surface area (Å²) in [6.07, 6.45) is 0.803. The van der Waals surface area contributed by atoms with Gasteiger partial charge in [0.2, 0.25) is 11.8 Å². The number of halogens is 1. The molecule has 0 fully saturated rings. The summed E-state index contributed by atoms with van der Waals surface area (Å²) < 4.78 is 16.1. The summed E-state index contributed by atoms with van der Waals surface area (Å²) in [5.74, 6) is 0.000440. The monoisotopic (exact) mass is 508 g/mol.